The topological polar surface area (TPSA) is 76.0 Å². The Balaban J connectivity index is 1.46. The van der Waals surface area contributed by atoms with Gasteiger partial charge in [-0.25, -0.2) is 4.79 Å². The van der Waals surface area contributed by atoms with E-state index < -0.39 is 11.8 Å². The smallest absolute Gasteiger partial charge is 0.438 e. The number of carbonyl (C=O) groups is 1. The Morgan fingerprint density at radius 2 is 1.89 bits per heavy atom. The molecule has 5 heteroatoms. The van der Waals surface area contributed by atoms with Crippen molar-refractivity contribution in [2.24, 2.45) is 40.4 Å². The molecule has 5 nitrogen and oxygen atoms in total. The Kier molecular flexibility index (Phi) is 7.34. The van der Waals surface area contributed by atoms with Gasteiger partial charge in [-0.05, 0) is 86.4 Å². The number of methoxy groups -OCH3 is 1. The predicted molar refractivity (Wildman–Crippen MR) is 138 cm³/mol. The Hall–Kier alpha value is -1.59. The molecule has 35 heavy (non-hydrogen) atoms. The molecule has 0 saturated heterocycles. The second-order valence-electron chi connectivity index (χ2n) is 12.6. The van der Waals surface area contributed by atoms with E-state index in [4.69, 9.17) is 4.74 Å². The van der Waals surface area contributed by atoms with Gasteiger partial charge in [0.15, 0.2) is 0 Å². The average Bonchev–Trinajstić information content (AvgIpc) is 3.18. The first-order valence-electron chi connectivity index (χ1n) is 13.6. The molecule has 0 heterocycles. The largest absolute Gasteiger partial charge is 0.508 e. The van der Waals surface area contributed by atoms with Crippen LogP contribution >= 0.6 is 0 Å². The Labute approximate surface area is 211 Å². The molecule has 4 rings (SSSR count). The molecule has 3 saturated carbocycles. The van der Waals surface area contributed by atoms with E-state index in [2.05, 4.69) is 49.8 Å². The number of hydrogen-bond donors (Lipinski definition) is 2. The SMILES string of the molecule is COC(=O)OCC(C)(O)[C@@H](C)C=C[C@@H](C)[C@H]1CC[C@H]2C3=CC=C4C[C@@H](O)CC[C@]4(C)[C@H]3CC[C@]12C. The van der Waals surface area contributed by atoms with Crippen LogP contribution in [0.15, 0.2) is 35.5 Å². The fourth-order valence-electron chi connectivity index (χ4n) is 7.97. The van der Waals surface area contributed by atoms with Gasteiger partial charge in [0.05, 0.1) is 13.2 Å². The molecule has 196 valence electrons. The summed E-state index contributed by atoms with van der Waals surface area (Å²) in [4.78, 5) is 11.3. The summed E-state index contributed by atoms with van der Waals surface area (Å²) < 4.78 is 9.52. The minimum Gasteiger partial charge on any atom is -0.438 e. The number of aliphatic hydroxyl groups excluding tert-OH is 1. The van der Waals surface area contributed by atoms with Gasteiger partial charge in [0, 0.05) is 5.92 Å². The second-order valence-corrected chi connectivity index (χ2v) is 12.6. The second kappa shape index (κ2) is 9.70. The number of allylic oxidation sites excluding steroid dienone is 4. The Bertz CT molecular complexity index is 900. The zero-order valence-electron chi connectivity index (χ0n) is 22.5. The first-order chi connectivity index (χ1) is 16.4. The van der Waals surface area contributed by atoms with E-state index in [1.165, 1.54) is 38.4 Å². The Morgan fingerprint density at radius 1 is 1.14 bits per heavy atom. The monoisotopic (exact) mass is 486 g/mol. The first-order valence-corrected chi connectivity index (χ1v) is 13.6. The molecule has 0 aromatic carbocycles. The van der Waals surface area contributed by atoms with Crippen molar-refractivity contribution in [2.75, 3.05) is 13.7 Å². The lowest BCUT2D eigenvalue weighted by Crippen LogP contribution is -2.46. The van der Waals surface area contributed by atoms with E-state index in [1.54, 1.807) is 12.5 Å². The van der Waals surface area contributed by atoms with Crippen molar-refractivity contribution in [1.82, 2.24) is 0 Å². The van der Waals surface area contributed by atoms with E-state index >= 15 is 0 Å². The molecule has 4 aliphatic carbocycles. The van der Waals surface area contributed by atoms with Gasteiger partial charge in [0.25, 0.3) is 0 Å². The summed E-state index contributed by atoms with van der Waals surface area (Å²) in [7, 11) is 1.27. The van der Waals surface area contributed by atoms with Crippen LogP contribution in [-0.2, 0) is 9.47 Å². The van der Waals surface area contributed by atoms with Gasteiger partial charge in [-0.3, -0.25) is 0 Å². The van der Waals surface area contributed by atoms with Crippen molar-refractivity contribution in [3.05, 3.63) is 35.5 Å². The minimum absolute atomic E-state index is 0.0936. The first kappa shape index (κ1) is 26.5. The lowest BCUT2D eigenvalue weighted by molar-refractivity contribution is -0.0467. The molecule has 9 atom stereocenters. The number of hydrogen-bond acceptors (Lipinski definition) is 5. The third-order valence-corrected chi connectivity index (χ3v) is 10.6. The third-order valence-electron chi connectivity index (χ3n) is 10.6. The molecule has 2 N–H and O–H groups in total. The molecule has 1 unspecified atom stereocenters. The zero-order chi connectivity index (χ0) is 25.6. The van der Waals surface area contributed by atoms with Crippen molar-refractivity contribution in [3.63, 3.8) is 0 Å². The van der Waals surface area contributed by atoms with Crippen molar-refractivity contribution in [1.29, 1.82) is 0 Å². The predicted octanol–water partition coefficient (Wildman–Crippen LogP) is 6.21. The quantitative estimate of drug-likeness (QED) is 0.345. The fourth-order valence-corrected chi connectivity index (χ4v) is 7.97. The summed E-state index contributed by atoms with van der Waals surface area (Å²) in [5.74, 6) is 2.14. The third kappa shape index (κ3) is 4.75. The maximum Gasteiger partial charge on any atom is 0.508 e. The van der Waals surface area contributed by atoms with Crippen LogP contribution in [0, 0.1) is 40.4 Å². The average molecular weight is 487 g/mol. The van der Waals surface area contributed by atoms with Crippen LogP contribution < -0.4 is 0 Å². The lowest BCUT2D eigenvalue weighted by atomic mass is 9.50. The summed E-state index contributed by atoms with van der Waals surface area (Å²) >= 11 is 0. The zero-order valence-corrected chi connectivity index (χ0v) is 22.5. The van der Waals surface area contributed by atoms with Gasteiger partial charge in [0.2, 0.25) is 0 Å². The van der Waals surface area contributed by atoms with Crippen LogP contribution in [-0.4, -0.2) is 41.8 Å². The van der Waals surface area contributed by atoms with Crippen LogP contribution in [0.1, 0.15) is 79.6 Å². The number of carbonyl (C=O) groups excluding carboxylic acids is 1. The highest BCUT2D eigenvalue weighted by Gasteiger charge is 2.56. The fraction of sp³-hybridized carbons (Fsp3) is 0.767. The summed E-state index contributed by atoms with van der Waals surface area (Å²) in [6, 6.07) is 0. The summed E-state index contributed by atoms with van der Waals surface area (Å²) in [5.41, 5.74) is 2.52. The van der Waals surface area contributed by atoms with E-state index in [0.717, 1.165) is 19.3 Å². The van der Waals surface area contributed by atoms with Gasteiger partial charge in [-0.2, -0.15) is 0 Å². The summed E-state index contributed by atoms with van der Waals surface area (Å²) in [5, 5.41) is 21.0. The molecule has 0 bridgehead atoms. The standard InChI is InChI=1S/C30H46O5/c1-19(7-8-20(2)30(5,33)18-35-27(32)34-6)24-11-12-25-23-10-9-21-17-22(31)13-15-28(21,3)26(23)14-16-29(24,25)4/h7-10,19-20,22,24-26,31,33H,11-18H2,1-6H3/t19-,20+,22+,24-,25+,26+,28+,29-,30?/m1/s1. The van der Waals surface area contributed by atoms with Crippen molar-refractivity contribution < 1.29 is 24.5 Å². The molecule has 0 aliphatic heterocycles. The summed E-state index contributed by atoms with van der Waals surface area (Å²) in [6.07, 6.45) is 16.1. The number of aliphatic hydroxyl groups is 2. The summed E-state index contributed by atoms with van der Waals surface area (Å²) in [6.45, 7) is 10.9. The molecule has 0 aromatic heterocycles. The molecular weight excluding hydrogens is 440 g/mol. The van der Waals surface area contributed by atoms with Gasteiger partial charge in [0.1, 0.15) is 12.2 Å². The number of ether oxygens (including phenoxy) is 2. The van der Waals surface area contributed by atoms with E-state index in [9.17, 15) is 15.0 Å². The van der Waals surface area contributed by atoms with Crippen LogP contribution in [0.4, 0.5) is 4.79 Å². The molecule has 4 aliphatic rings. The molecule has 0 spiro atoms. The lowest BCUT2D eigenvalue weighted by Gasteiger charge is -2.55. The van der Waals surface area contributed by atoms with Gasteiger partial charge >= 0.3 is 6.16 Å². The van der Waals surface area contributed by atoms with Crippen LogP contribution in [0.25, 0.3) is 0 Å². The maximum atomic E-state index is 11.3. The van der Waals surface area contributed by atoms with Crippen molar-refractivity contribution >= 4 is 6.16 Å². The van der Waals surface area contributed by atoms with Gasteiger partial charge < -0.3 is 19.7 Å². The molecule has 3 fully saturated rings. The van der Waals surface area contributed by atoms with Crippen LogP contribution in [0.2, 0.25) is 0 Å². The molecule has 0 radical (unpaired) electrons. The minimum atomic E-state index is -1.15. The number of rotatable bonds is 6. The molecule has 0 amide bonds. The molecular formula is C30H46O5. The van der Waals surface area contributed by atoms with Crippen LogP contribution in [0.5, 0.6) is 0 Å². The Morgan fingerprint density at radius 3 is 2.60 bits per heavy atom. The highest BCUT2D eigenvalue weighted by atomic mass is 16.7. The number of fused-ring (bicyclic) bond motifs is 5. The van der Waals surface area contributed by atoms with Gasteiger partial charge in [-0.15, -0.1) is 0 Å². The van der Waals surface area contributed by atoms with E-state index in [-0.39, 0.29) is 24.0 Å². The normalized spacial score (nSPS) is 39.9. The van der Waals surface area contributed by atoms with E-state index in [0.29, 0.717) is 29.1 Å². The van der Waals surface area contributed by atoms with Crippen LogP contribution in [0.3, 0.4) is 0 Å². The van der Waals surface area contributed by atoms with Crippen molar-refractivity contribution in [3.8, 4) is 0 Å². The van der Waals surface area contributed by atoms with Crippen molar-refractivity contribution in [2.45, 2.75) is 91.3 Å². The molecule has 0 aromatic rings. The maximum absolute atomic E-state index is 11.3. The highest BCUT2D eigenvalue weighted by Crippen LogP contribution is 2.66. The highest BCUT2D eigenvalue weighted by molar-refractivity contribution is 5.59. The van der Waals surface area contributed by atoms with E-state index in [1.807, 2.05) is 6.92 Å². The van der Waals surface area contributed by atoms with Gasteiger partial charge in [-0.1, -0.05) is 63.1 Å².